The summed E-state index contributed by atoms with van der Waals surface area (Å²) in [6.45, 7) is 3.68. The third-order valence-electron chi connectivity index (χ3n) is 3.46. The highest BCUT2D eigenvalue weighted by molar-refractivity contribution is 6.04. The molecule has 1 N–H and O–H groups in total. The highest BCUT2D eigenvalue weighted by Crippen LogP contribution is 2.21. The molecule has 1 amide bonds. The molecule has 0 atom stereocenters. The molecule has 26 heavy (non-hydrogen) atoms. The minimum Gasteiger partial charge on any atom is -0.424 e. The van der Waals surface area contributed by atoms with Crippen molar-refractivity contribution in [3.05, 3.63) is 77.1 Å². The van der Waals surface area contributed by atoms with Crippen LogP contribution in [0.15, 0.2) is 48.5 Å². The molecule has 0 aliphatic carbocycles. The number of nitrogens with one attached hydrogen (secondary N) is 1. The van der Waals surface area contributed by atoms with Gasteiger partial charge < -0.3 is 10.1 Å². The number of aryl methyl sites for hydroxylation is 2. The van der Waals surface area contributed by atoms with Gasteiger partial charge in [-0.3, -0.25) is 4.79 Å². The number of nitrogens with zero attached hydrogens (tertiary/aromatic N) is 2. The van der Waals surface area contributed by atoms with Crippen molar-refractivity contribution in [3.63, 3.8) is 0 Å². The third kappa shape index (κ3) is 4.18. The maximum Gasteiger partial charge on any atom is 0.322 e. The minimum absolute atomic E-state index is 0.229. The van der Waals surface area contributed by atoms with Gasteiger partial charge in [-0.1, -0.05) is 0 Å². The summed E-state index contributed by atoms with van der Waals surface area (Å²) in [4.78, 5) is 20.4. The van der Waals surface area contributed by atoms with Crippen LogP contribution in [0, 0.1) is 25.5 Å². The van der Waals surface area contributed by atoms with Crippen LogP contribution in [0.4, 0.5) is 14.5 Å². The van der Waals surface area contributed by atoms with Crippen molar-refractivity contribution in [1.82, 2.24) is 9.97 Å². The molecule has 0 aliphatic heterocycles. The van der Waals surface area contributed by atoms with Gasteiger partial charge in [-0.05, 0) is 56.3 Å². The second-order valence-corrected chi connectivity index (χ2v) is 5.64. The van der Waals surface area contributed by atoms with Gasteiger partial charge in [0, 0.05) is 23.1 Å². The first-order valence-corrected chi connectivity index (χ1v) is 7.77. The summed E-state index contributed by atoms with van der Waals surface area (Å²) in [5.41, 5.74) is 1.78. The quantitative estimate of drug-likeness (QED) is 0.753. The Hall–Kier alpha value is -3.35. The second-order valence-electron chi connectivity index (χ2n) is 5.64. The average Bonchev–Trinajstić information content (AvgIpc) is 2.55. The van der Waals surface area contributed by atoms with Crippen LogP contribution in [0.25, 0.3) is 0 Å². The first kappa shape index (κ1) is 17.5. The van der Waals surface area contributed by atoms with Crippen LogP contribution in [0.5, 0.6) is 11.8 Å². The number of carbonyl (C=O) groups excluding carboxylic acids is 1. The molecule has 0 unspecified atom stereocenters. The topological polar surface area (TPSA) is 64.1 Å². The Morgan fingerprint density at radius 1 is 0.962 bits per heavy atom. The normalized spacial score (nSPS) is 10.5. The number of ether oxygens (including phenoxy) is 1. The van der Waals surface area contributed by atoms with Gasteiger partial charge in [-0.15, -0.1) is 0 Å². The fourth-order valence-electron chi connectivity index (χ4n) is 2.32. The van der Waals surface area contributed by atoms with Crippen molar-refractivity contribution in [2.75, 3.05) is 5.32 Å². The Kier molecular flexibility index (Phi) is 4.88. The summed E-state index contributed by atoms with van der Waals surface area (Å²) in [6.07, 6.45) is 0. The van der Waals surface area contributed by atoms with Gasteiger partial charge in [-0.2, -0.15) is 0 Å². The Balaban J connectivity index is 1.70. The first-order valence-electron chi connectivity index (χ1n) is 7.77. The molecule has 0 saturated heterocycles. The van der Waals surface area contributed by atoms with Crippen LogP contribution in [0.3, 0.4) is 0 Å². The molecule has 0 radical (unpaired) electrons. The van der Waals surface area contributed by atoms with Gasteiger partial charge >= 0.3 is 6.01 Å². The lowest BCUT2D eigenvalue weighted by Crippen LogP contribution is -2.13. The van der Waals surface area contributed by atoms with Gasteiger partial charge in [0.15, 0.2) is 0 Å². The highest BCUT2D eigenvalue weighted by Gasteiger charge is 2.13. The van der Waals surface area contributed by atoms with Crippen LogP contribution in [0.2, 0.25) is 0 Å². The summed E-state index contributed by atoms with van der Waals surface area (Å²) in [5.74, 6) is -1.85. The van der Waals surface area contributed by atoms with Crippen molar-refractivity contribution in [1.29, 1.82) is 0 Å². The van der Waals surface area contributed by atoms with Gasteiger partial charge in [0.25, 0.3) is 5.91 Å². The monoisotopic (exact) mass is 355 g/mol. The summed E-state index contributed by atoms with van der Waals surface area (Å²) in [6, 6.07) is 11.3. The number of rotatable bonds is 4. The summed E-state index contributed by atoms with van der Waals surface area (Å²) in [7, 11) is 0. The van der Waals surface area contributed by atoms with Gasteiger partial charge in [-0.25, -0.2) is 18.7 Å². The van der Waals surface area contributed by atoms with E-state index in [2.05, 4.69) is 15.3 Å². The number of anilines is 1. The largest absolute Gasteiger partial charge is 0.424 e. The van der Waals surface area contributed by atoms with Gasteiger partial charge in [0.05, 0.1) is 5.56 Å². The Morgan fingerprint density at radius 3 is 2.23 bits per heavy atom. The van der Waals surface area contributed by atoms with Crippen LogP contribution in [-0.4, -0.2) is 15.9 Å². The average molecular weight is 355 g/mol. The number of benzene rings is 2. The van der Waals surface area contributed by atoms with E-state index >= 15 is 0 Å². The standard InChI is InChI=1S/C19H15F2N3O2/c1-11-9-12(2)23-19(22-11)26-15-6-4-14(5-7-15)24-18(25)16-8-3-13(20)10-17(16)21/h3-10H,1-2H3,(H,24,25). The lowest BCUT2D eigenvalue weighted by atomic mass is 10.2. The molecule has 3 aromatic rings. The maximum absolute atomic E-state index is 13.6. The molecule has 1 aromatic heterocycles. The van der Waals surface area contributed by atoms with Crippen molar-refractivity contribution in [2.45, 2.75) is 13.8 Å². The van der Waals surface area contributed by atoms with E-state index in [4.69, 9.17) is 4.74 Å². The van der Waals surface area contributed by atoms with Crippen molar-refractivity contribution in [3.8, 4) is 11.8 Å². The van der Waals surface area contributed by atoms with Crippen molar-refractivity contribution in [2.24, 2.45) is 0 Å². The fourth-order valence-corrected chi connectivity index (χ4v) is 2.32. The maximum atomic E-state index is 13.6. The van der Waals surface area contributed by atoms with E-state index in [0.29, 0.717) is 17.5 Å². The molecule has 3 rings (SSSR count). The van der Waals surface area contributed by atoms with Crippen molar-refractivity contribution < 1.29 is 18.3 Å². The molecule has 2 aromatic carbocycles. The number of aromatic nitrogens is 2. The van der Waals surface area contributed by atoms with Crippen molar-refractivity contribution >= 4 is 11.6 Å². The summed E-state index contributed by atoms with van der Waals surface area (Å²) >= 11 is 0. The molecule has 7 heteroatoms. The Morgan fingerprint density at radius 2 is 1.62 bits per heavy atom. The van der Waals surface area contributed by atoms with Crippen LogP contribution >= 0.6 is 0 Å². The van der Waals surface area contributed by atoms with E-state index in [9.17, 15) is 13.6 Å². The number of hydrogen-bond acceptors (Lipinski definition) is 4. The lowest BCUT2D eigenvalue weighted by molar-refractivity contribution is 0.102. The van der Waals surface area contributed by atoms with Gasteiger partial charge in [0.1, 0.15) is 17.4 Å². The number of carbonyl (C=O) groups is 1. The molecule has 0 aliphatic rings. The molecule has 0 saturated carbocycles. The molecule has 0 bridgehead atoms. The number of halogens is 2. The minimum atomic E-state index is -0.922. The van der Waals surface area contributed by atoms with Crippen LogP contribution in [0.1, 0.15) is 21.7 Å². The zero-order valence-corrected chi connectivity index (χ0v) is 14.1. The van der Waals surface area contributed by atoms with Crippen LogP contribution < -0.4 is 10.1 Å². The predicted octanol–water partition coefficient (Wildman–Crippen LogP) is 4.42. The second kappa shape index (κ2) is 7.26. The summed E-state index contributed by atoms with van der Waals surface area (Å²) in [5, 5.41) is 2.54. The number of hydrogen-bond donors (Lipinski definition) is 1. The van der Waals surface area contributed by atoms with E-state index in [1.54, 1.807) is 24.3 Å². The molecule has 0 fully saturated rings. The zero-order chi connectivity index (χ0) is 18.7. The molecular weight excluding hydrogens is 340 g/mol. The van der Waals surface area contributed by atoms with Gasteiger partial charge in [0.2, 0.25) is 0 Å². The molecular formula is C19H15F2N3O2. The zero-order valence-electron chi connectivity index (χ0n) is 14.1. The fraction of sp³-hybridized carbons (Fsp3) is 0.105. The van der Waals surface area contributed by atoms with Crippen LogP contribution in [-0.2, 0) is 0 Å². The Bertz CT molecular complexity index is 939. The molecule has 1 heterocycles. The summed E-state index contributed by atoms with van der Waals surface area (Å²) < 4.78 is 32.1. The van der Waals surface area contributed by atoms with E-state index in [0.717, 1.165) is 23.5 Å². The smallest absolute Gasteiger partial charge is 0.322 e. The van der Waals surface area contributed by atoms with E-state index in [1.807, 2.05) is 19.9 Å². The highest BCUT2D eigenvalue weighted by atomic mass is 19.1. The predicted molar refractivity (Wildman–Crippen MR) is 92.3 cm³/mol. The van der Waals surface area contributed by atoms with E-state index in [1.165, 1.54) is 0 Å². The van der Waals surface area contributed by atoms with E-state index in [-0.39, 0.29) is 11.6 Å². The number of amides is 1. The Labute approximate surface area is 148 Å². The molecule has 132 valence electrons. The SMILES string of the molecule is Cc1cc(C)nc(Oc2ccc(NC(=O)c3ccc(F)cc3F)cc2)n1. The third-order valence-corrected chi connectivity index (χ3v) is 3.46. The molecule has 5 nitrogen and oxygen atoms in total. The molecule has 0 spiro atoms. The first-order chi connectivity index (χ1) is 12.4. The lowest BCUT2D eigenvalue weighted by Gasteiger charge is -2.08. The van der Waals surface area contributed by atoms with E-state index < -0.39 is 17.5 Å².